The fourth-order valence-corrected chi connectivity index (χ4v) is 2.44. The second-order valence-corrected chi connectivity index (χ2v) is 6.00. The van der Waals surface area contributed by atoms with Crippen molar-refractivity contribution in [2.45, 2.75) is 0 Å². The van der Waals surface area contributed by atoms with Crippen molar-refractivity contribution in [3.8, 4) is 22.9 Å². The highest BCUT2D eigenvalue weighted by atomic mass is 35.5. The topological polar surface area (TPSA) is 73.3 Å². The molecule has 1 aromatic heterocycles. The minimum Gasteiger partial charge on any atom is -0.484 e. The second-order valence-electron chi connectivity index (χ2n) is 5.57. The lowest BCUT2D eigenvalue weighted by Crippen LogP contribution is -2.32. The zero-order chi connectivity index (χ0) is 18.9. The third kappa shape index (κ3) is 5.97. The average Bonchev–Trinajstić information content (AvgIpc) is 2.71. The fraction of sp³-hybridized carbons (Fsp3) is 0.150. The maximum Gasteiger partial charge on any atom is 0.258 e. The van der Waals surface area contributed by atoms with Crippen molar-refractivity contribution in [3.63, 3.8) is 0 Å². The van der Waals surface area contributed by atoms with Crippen LogP contribution in [0.5, 0.6) is 11.6 Å². The Morgan fingerprint density at radius 1 is 0.963 bits per heavy atom. The summed E-state index contributed by atoms with van der Waals surface area (Å²) >= 11 is 5.86. The summed E-state index contributed by atoms with van der Waals surface area (Å²) in [6.45, 7) is 0.522. The summed E-state index contributed by atoms with van der Waals surface area (Å²) in [5.41, 5.74) is 1.76. The van der Waals surface area contributed by atoms with Gasteiger partial charge in [0.15, 0.2) is 6.61 Å². The zero-order valence-corrected chi connectivity index (χ0v) is 15.2. The van der Waals surface area contributed by atoms with Crippen LogP contribution in [-0.4, -0.2) is 35.9 Å². The van der Waals surface area contributed by atoms with Gasteiger partial charge in [-0.2, -0.15) is 0 Å². The molecule has 2 aromatic carbocycles. The maximum atomic E-state index is 11.8. The zero-order valence-electron chi connectivity index (χ0n) is 14.5. The number of carbonyl (C=O) groups is 1. The summed E-state index contributed by atoms with van der Waals surface area (Å²) < 4.78 is 10.8. The summed E-state index contributed by atoms with van der Waals surface area (Å²) in [4.78, 5) is 11.8. The van der Waals surface area contributed by atoms with E-state index in [0.717, 1.165) is 11.3 Å². The smallest absolute Gasteiger partial charge is 0.258 e. The number of benzene rings is 2. The lowest BCUT2D eigenvalue weighted by molar-refractivity contribution is -0.123. The SMILES string of the molecule is O=C(COc1cccc(Cl)c1)NCCOc1ccc(-c2ccccc2)nn1. The molecule has 27 heavy (non-hydrogen) atoms. The quantitative estimate of drug-likeness (QED) is 0.604. The standard InChI is InChI=1S/C20H18ClN3O3/c21-16-7-4-8-17(13-16)27-14-19(25)22-11-12-26-20-10-9-18(23-24-20)15-5-2-1-3-6-15/h1-10,13H,11-12,14H2,(H,22,25). The first-order valence-corrected chi connectivity index (χ1v) is 8.75. The molecule has 0 saturated carbocycles. The van der Waals surface area contributed by atoms with Crippen LogP contribution in [0.15, 0.2) is 66.7 Å². The van der Waals surface area contributed by atoms with Gasteiger partial charge in [0.2, 0.25) is 5.88 Å². The van der Waals surface area contributed by atoms with Gasteiger partial charge in [0, 0.05) is 16.7 Å². The number of amides is 1. The summed E-state index contributed by atoms with van der Waals surface area (Å²) in [6.07, 6.45) is 0. The van der Waals surface area contributed by atoms with Crippen LogP contribution >= 0.6 is 11.6 Å². The predicted octanol–water partition coefficient (Wildman–Crippen LogP) is 3.37. The van der Waals surface area contributed by atoms with Crippen molar-refractivity contribution in [2.75, 3.05) is 19.8 Å². The first kappa shape index (κ1) is 18.7. The van der Waals surface area contributed by atoms with Gasteiger partial charge in [-0.25, -0.2) is 0 Å². The maximum absolute atomic E-state index is 11.8. The number of hydrogen-bond acceptors (Lipinski definition) is 5. The molecule has 0 aliphatic heterocycles. The molecule has 7 heteroatoms. The Balaban J connectivity index is 1.36. The molecule has 6 nitrogen and oxygen atoms in total. The summed E-state index contributed by atoms with van der Waals surface area (Å²) in [5, 5.41) is 11.4. The van der Waals surface area contributed by atoms with Gasteiger partial charge in [-0.05, 0) is 24.3 Å². The Morgan fingerprint density at radius 3 is 2.56 bits per heavy atom. The molecule has 1 N–H and O–H groups in total. The van der Waals surface area contributed by atoms with Gasteiger partial charge < -0.3 is 14.8 Å². The lowest BCUT2D eigenvalue weighted by Gasteiger charge is -2.08. The highest BCUT2D eigenvalue weighted by Crippen LogP contribution is 2.17. The lowest BCUT2D eigenvalue weighted by atomic mass is 10.1. The van der Waals surface area contributed by atoms with Crippen LogP contribution in [-0.2, 0) is 4.79 Å². The van der Waals surface area contributed by atoms with E-state index in [0.29, 0.717) is 23.2 Å². The molecular weight excluding hydrogens is 366 g/mol. The number of aromatic nitrogens is 2. The summed E-state index contributed by atoms with van der Waals surface area (Å²) in [5.74, 6) is 0.700. The first-order chi connectivity index (χ1) is 13.2. The molecule has 3 aromatic rings. The van der Waals surface area contributed by atoms with Crippen LogP contribution in [0.2, 0.25) is 5.02 Å². The van der Waals surface area contributed by atoms with Crippen LogP contribution in [0.3, 0.4) is 0 Å². The number of nitrogens with one attached hydrogen (secondary N) is 1. The largest absolute Gasteiger partial charge is 0.484 e. The molecule has 0 bridgehead atoms. The molecular formula is C20H18ClN3O3. The second kappa shape index (κ2) is 9.54. The molecule has 0 atom stereocenters. The Morgan fingerprint density at radius 2 is 1.81 bits per heavy atom. The Hall–Kier alpha value is -3.12. The number of ether oxygens (including phenoxy) is 2. The Bertz CT molecular complexity index is 873. The molecule has 1 heterocycles. The van der Waals surface area contributed by atoms with Crippen molar-refractivity contribution in [2.24, 2.45) is 0 Å². The number of nitrogens with zero attached hydrogens (tertiary/aromatic N) is 2. The van der Waals surface area contributed by atoms with E-state index >= 15 is 0 Å². The van der Waals surface area contributed by atoms with Gasteiger partial charge >= 0.3 is 0 Å². The van der Waals surface area contributed by atoms with Crippen molar-refractivity contribution < 1.29 is 14.3 Å². The predicted molar refractivity (Wildman–Crippen MR) is 103 cm³/mol. The van der Waals surface area contributed by atoms with Gasteiger partial charge in [-0.15, -0.1) is 10.2 Å². The molecule has 1 amide bonds. The minimum absolute atomic E-state index is 0.0913. The number of halogens is 1. The van der Waals surface area contributed by atoms with Gasteiger partial charge in [0.05, 0.1) is 12.2 Å². The van der Waals surface area contributed by atoms with Crippen LogP contribution < -0.4 is 14.8 Å². The van der Waals surface area contributed by atoms with E-state index in [4.69, 9.17) is 21.1 Å². The Kier molecular flexibility index (Phi) is 6.60. The van der Waals surface area contributed by atoms with Crippen molar-refractivity contribution in [3.05, 3.63) is 71.8 Å². The number of carbonyl (C=O) groups excluding carboxylic acids is 1. The molecule has 0 aliphatic rings. The monoisotopic (exact) mass is 383 g/mol. The highest BCUT2D eigenvalue weighted by Gasteiger charge is 2.04. The first-order valence-electron chi connectivity index (χ1n) is 8.38. The van der Waals surface area contributed by atoms with Crippen molar-refractivity contribution >= 4 is 17.5 Å². The van der Waals surface area contributed by atoms with Crippen molar-refractivity contribution in [1.82, 2.24) is 15.5 Å². The van der Waals surface area contributed by atoms with E-state index in [1.54, 1.807) is 30.3 Å². The molecule has 0 radical (unpaired) electrons. The van der Waals surface area contributed by atoms with Crippen LogP contribution in [0.25, 0.3) is 11.3 Å². The van der Waals surface area contributed by atoms with Gasteiger partial charge in [0.25, 0.3) is 5.91 Å². The van der Waals surface area contributed by atoms with E-state index < -0.39 is 0 Å². The fourth-order valence-electron chi connectivity index (χ4n) is 2.26. The van der Waals surface area contributed by atoms with E-state index in [1.165, 1.54) is 0 Å². The Labute approximate surface area is 162 Å². The van der Waals surface area contributed by atoms with E-state index in [1.807, 2.05) is 36.4 Å². The number of hydrogen-bond donors (Lipinski definition) is 1. The minimum atomic E-state index is -0.246. The normalized spacial score (nSPS) is 10.3. The molecule has 0 spiro atoms. The number of rotatable bonds is 8. The molecule has 0 fully saturated rings. The highest BCUT2D eigenvalue weighted by molar-refractivity contribution is 6.30. The molecule has 0 aliphatic carbocycles. The average molecular weight is 384 g/mol. The van der Waals surface area contributed by atoms with Crippen LogP contribution in [0.1, 0.15) is 0 Å². The van der Waals surface area contributed by atoms with E-state index in [2.05, 4.69) is 15.5 Å². The summed E-state index contributed by atoms with van der Waals surface area (Å²) in [7, 11) is 0. The van der Waals surface area contributed by atoms with Crippen LogP contribution in [0.4, 0.5) is 0 Å². The van der Waals surface area contributed by atoms with Gasteiger partial charge in [0.1, 0.15) is 12.4 Å². The van der Waals surface area contributed by atoms with E-state index in [-0.39, 0.29) is 19.1 Å². The van der Waals surface area contributed by atoms with Crippen molar-refractivity contribution in [1.29, 1.82) is 0 Å². The van der Waals surface area contributed by atoms with Crippen LogP contribution in [0, 0.1) is 0 Å². The third-order valence-electron chi connectivity index (χ3n) is 3.55. The third-order valence-corrected chi connectivity index (χ3v) is 3.78. The summed E-state index contributed by atoms with van der Waals surface area (Å²) in [6, 6.07) is 20.2. The van der Waals surface area contributed by atoms with E-state index in [9.17, 15) is 4.79 Å². The molecule has 0 saturated heterocycles. The molecule has 0 unspecified atom stereocenters. The van der Waals surface area contributed by atoms with Gasteiger partial charge in [-0.3, -0.25) is 4.79 Å². The molecule has 3 rings (SSSR count). The van der Waals surface area contributed by atoms with Gasteiger partial charge in [-0.1, -0.05) is 48.0 Å². The molecule has 138 valence electrons.